The van der Waals surface area contributed by atoms with Crippen LogP contribution in [-0.2, 0) is 0 Å². The molecule has 0 aliphatic heterocycles. The second-order valence-corrected chi connectivity index (χ2v) is 2.51. The van der Waals surface area contributed by atoms with Crippen LogP contribution in [0.2, 0.25) is 0 Å². The van der Waals surface area contributed by atoms with Gasteiger partial charge in [-0.15, -0.1) is 0 Å². The highest BCUT2D eigenvalue weighted by Gasteiger charge is 2.05. The second-order valence-electron chi connectivity index (χ2n) is 2.51. The summed E-state index contributed by atoms with van der Waals surface area (Å²) in [4.78, 5) is 7.77. The molecule has 2 aromatic heterocycles. The van der Waals surface area contributed by atoms with Crippen molar-refractivity contribution in [3.63, 3.8) is 0 Å². The second kappa shape index (κ2) is 3.18. The molecule has 13 heavy (non-hydrogen) atoms. The molecule has 0 aliphatic carbocycles. The third kappa shape index (κ3) is 1.33. The molecule has 0 unspecified atom stereocenters. The fraction of sp³-hybridized carbons (Fsp3) is 0. The lowest BCUT2D eigenvalue weighted by atomic mass is 10.2. The van der Waals surface area contributed by atoms with Crippen molar-refractivity contribution in [1.29, 1.82) is 0 Å². The molecule has 1 N–H and O–H groups in total. The van der Waals surface area contributed by atoms with E-state index in [1.807, 2.05) is 12.1 Å². The van der Waals surface area contributed by atoms with E-state index in [0.29, 0.717) is 0 Å². The van der Waals surface area contributed by atoms with E-state index in [-0.39, 0.29) is 0 Å². The summed E-state index contributed by atoms with van der Waals surface area (Å²) >= 11 is 0. The van der Waals surface area contributed by atoms with Gasteiger partial charge in [0.05, 0.1) is 0 Å². The van der Waals surface area contributed by atoms with Crippen LogP contribution in [0, 0.1) is 0 Å². The molecule has 4 heteroatoms. The molecular formula is C9H8N4. The van der Waals surface area contributed by atoms with E-state index in [1.165, 1.54) is 0 Å². The number of H-pyrrole nitrogens is 1. The Labute approximate surface area is 75.4 Å². The molecule has 0 fully saturated rings. The molecular weight excluding hydrogens is 164 g/mol. The summed E-state index contributed by atoms with van der Waals surface area (Å²) < 4.78 is 0. The molecule has 0 atom stereocenters. The standard InChI is InChI=1S/C9H8N4/c1-10-8-6-12-13-9(8)7-2-4-11-5-3-7/h2-6H,1H2,(H,12,13). The minimum Gasteiger partial charge on any atom is -0.283 e. The van der Waals surface area contributed by atoms with Gasteiger partial charge >= 0.3 is 0 Å². The molecule has 0 saturated carbocycles. The first-order chi connectivity index (χ1) is 6.42. The van der Waals surface area contributed by atoms with Crippen LogP contribution in [0.4, 0.5) is 5.69 Å². The number of pyridine rings is 1. The Morgan fingerprint density at radius 1 is 1.31 bits per heavy atom. The number of hydrogen-bond donors (Lipinski definition) is 1. The Hall–Kier alpha value is -1.97. The number of aliphatic imine (C=N–C) groups is 1. The third-order valence-electron chi connectivity index (χ3n) is 1.74. The quantitative estimate of drug-likeness (QED) is 0.702. The molecule has 2 heterocycles. The number of nitrogens with zero attached hydrogens (tertiary/aromatic N) is 3. The predicted molar refractivity (Wildman–Crippen MR) is 51.0 cm³/mol. The van der Waals surface area contributed by atoms with Gasteiger partial charge in [0.25, 0.3) is 0 Å². The van der Waals surface area contributed by atoms with Gasteiger partial charge in [0.15, 0.2) is 0 Å². The van der Waals surface area contributed by atoms with Gasteiger partial charge in [0, 0.05) is 24.2 Å². The first-order valence-electron chi connectivity index (χ1n) is 3.82. The maximum Gasteiger partial charge on any atom is 0.118 e. The highest BCUT2D eigenvalue weighted by molar-refractivity contribution is 5.72. The summed E-state index contributed by atoms with van der Waals surface area (Å²) in [5.41, 5.74) is 2.54. The Morgan fingerprint density at radius 3 is 2.77 bits per heavy atom. The van der Waals surface area contributed by atoms with Gasteiger partial charge in [0.1, 0.15) is 11.4 Å². The first kappa shape index (κ1) is 7.67. The molecule has 0 saturated heterocycles. The van der Waals surface area contributed by atoms with E-state index in [4.69, 9.17) is 0 Å². The maximum atomic E-state index is 4.07. The van der Waals surface area contributed by atoms with Crippen LogP contribution in [0.5, 0.6) is 0 Å². The van der Waals surface area contributed by atoms with Gasteiger partial charge in [-0.2, -0.15) is 5.10 Å². The lowest BCUT2D eigenvalue weighted by Gasteiger charge is -1.95. The molecule has 0 radical (unpaired) electrons. The van der Waals surface area contributed by atoms with Crippen molar-refractivity contribution in [3.8, 4) is 11.3 Å². The SMILES string of the molecule is C=Nc1c[nH]nc1-c1ccncc1. The summed E-state index contributed by atoms with van der Waals surface area (Å²) in [7, 11) is 0. The lowest BCUT2D eigenvalue weighted by molar-refractivity contribution is 1.09. The number of hydrogen-bond acceptors (Lipinski definition) is 3. The largest absolute Gasteiger partial charge is 0.283 e. The topological polar surface area (TPSA) is 53.9 Å². The molecule has 0 spiro atoms. The fourth-order valence-corrected chi connectivity index (χ4v) is 1.13. The average Bonchev–Trinajstić information content (AvgIpc) is 2.67. The van der Waals surface area contributed by atoms with Gasteiger partial charge in [-0.05, 0) is 18.9 Å². The molecule has 64 valence electrons. The van der Waals surface area contributed by atoms with Gasteiger partial charge in [0.2, 0.25) is 0 Å². The predicted octanol–water partition coefficient (Wildman–Crippen LogP) is 1.80. The smallest absolute Gasteiger partial charge is 0.118 e. The Kier molecular flexibility index (Phi) is 1.88. The van der Waals surface area contributed by atoms with E-state index in [2.05, 4.69) is 26.9 Å². The zero-order valence-corrected chi connectivity index (χ0v) is 6.94. The molecule has 4 nitrogen and oxygen atoms in total. The van der Waals surface area contributed by atoms with Crippen molar-refractivity contribution >= 4 is 12.4 Å². The Bertz CT molecular complexity index is 405. The summed E-state index contributed by atoms with van der Waals surface area (Å²) in [6.45, 7) is 3.46. The van der Waals surface area contributed by atoms with Crippen LogP contribution in [0.25, 0.3) is 11.3 Å². The van der Waals surface area contributed by atoms with Crippen molar-refractivity contribution < 1.29 is 0 Å². The number of aromatic amines is 1. The van der Waals surface area contributed by atoms with E-state index in [9.17, 15) is 0 Å². The highest BCUT2D eigenvalue weighted by Crippen LogP contribution is 2.25. The zero-order valence-electron chi connectivity index (χ0n) is 6.94. The number of nitrogens with one attached hydrogen (secondary N) is 1. The minimum absolute atomic E-state index is 0.756. The number of rotatable bonds is 2. The molecule has 0 aromatic carbocycles. The zero-order chi connectivity index (χ0) is 9.10. The van der Waals surface area contributed by atoms with E-state index < -0.39 is 0 Å². The van der Waals surface area contributed by atoms with Crippen LogP contribution in [0.3, 0.4) is 0 Å². The summed E-state index contributed by atoms with van der Waals surface area (Å²) in [6.07, 6.45) is 5.15. The van der Waals surface area contributed by atoms with Crippen LogP contribution in [0.1, 0.15) is 0 Å². The van der Waals surface area contributed by atoms with E-state index in [1.54, 1.807) is 18.6 Å². The van der Waals surface area contributed by atoms with Crippen molar-refractivity contribution in [1.82, 2.24) is 15.2 Å². The van der Waals surface area contributed by atoms with Crippen molar-refractivity contribution in [3.05, 3.63) is 30.7 Å². The van der Waals surface area contributed by atoms with Gasteiger partial charge in [-0.1, -0.05) is 0 Å². The molecule has 2 aromatic rings. The maximum absolute atomic E-state index is 4.07. The Morgan fingerprint density at radius 2 is 2.08 bits per heavy atom. The molecule has 0 amide bonds. The van der Waals surface area contributed by atoms with Crippen molar-refractivity contribution in [2.24, 2.45) is 4.99 Å². The highest BCUT2D eigenvalue weighted by atomic mass is 15.1. The number of aromatic nitrogens is 3. The Balaban J connectivity index is 2.52. The summed E-state index contributed by atoms with van der Waals surface area (Å²) in [5.74, 6) is 0. The normalized spacial score (nSPS) is 9.85. The van der Waals surface area contributed by atoms with E-state index in [0.717, 1.165) is 16.9 Å². The van der Waals surface area contributed by atoms with Crippen LogP contribution in [0.15, 0.2) is 35.7 Å². The van der Waals surface area contributed by atoms with Crippen LogP contribution < -0.4 is 0 Å². The van der Waals surface area contributed by atoms with Crippen molar-refractivity contribution in [2.45, 2.75) is 0 Å². The third-order valence-corrected chi connectivity index (χ3v) is 1.74. The first-order valence-corrected chi connectivity index (χ1v) is 3.82. The lowest BCUT2D eigenvalue weighted by Crippen LogP contribution is -1.78. The van der Waals surface area contributed by atoms with Crippen molar-refractivity contribution in [2.75, 3.05) is 0 Å². The molecule has 0 aliphatic rings. The van der Waals surface area contributed by atoms with Crippen LogP contribution >= 0.6 is 0 Å². The molecule has 2 rings (SSSR count). The minimum atomic E-state index is 0.756. The summed E-state index contributed by atoms with van der Waals surface area (Å²) in [6, 6.07) is 3.76. The molecule has 0 bridgehead atoms. The van der Waals surface area contributed by atoms with E-state index >= 15 is 0 Å². The van der Waals surface area contributed by atoms with Gasteiger partial charge < -0.3 is 0 Å². The summed E-state index contributed by atoms with van der Waals surface area (Å²) in [5, 5.41) is 6.81. The fourth-order valence-electron chi connectivity index (χ4n) is 1.13. The van der Waals surface area contributed by atoms with Gasteiger partial charge in [-0.25, -0.2) is 0 Å². The average molecular weight is 172 g/mol. The monoisotopic (exact) mass is 172 g/mol. The van der Waals surface area contributed by atoms with Gasteiger partial charge in [-0.3, -0.25) is 15.1 Å². The van der Waals surface area contributed by atoms with Crippen LogP contribution in [-0.4, -0.2) is 21.9 Å².